The molecule has 4 nitrogen and oxygen atoms in total. The molecule has 0 radical (unpaired) electrons. The number of rotatable bonds is 5. The normalized spacial score (nSPS) is 11.6. The van der Waals surface area contributed by atoms with Crippen molar-refractivity contribution in [2.24, 2.45) is 5.73 Å². The van der Waals surface area contributed by atoms with Crippen LogP contribution in [-0.4, -0.2) is 18.6 Å². The first-order chi connectivity index (χ1) is 8.15. The van der Waals surface area contributed by atoms with Gasteiger partial charge in [0.1, 0.15) is 0 Å². The van der Waals surface area contributed by atoms with Gasteiger partial charge in [0.25, 0.3) is 0 Å². The van der Waals surface area contributed by atoms with Crippen molar-refractivity contribution in [1.29, 1.82) is 5.26 Å². The van der Waals surface area contributed by atoms with Crippen LogP contribution in [0.5, 0.6) is 0 Å². The third kappa shape index (κ3) is 4.66. The molecule has 0 aliphatic rings. The molecule has 0 fully saturated rings. The number of nitrogens with two attached hydrogens (primary N) is 1. The van der Waals surface area contributed by atoms with Crippen LogP contribution in [0.4, 0.5) is 0 Å². The molecular weight excluding hydrogens is 216 g/mol. The summed E-state index contributed by atoms with van der Waals surface area (Å²) in [4.78, 5) is 11.2. The molecule has 0 amide bonds. The number of ether oxygens (including phenoxy) is 1. The summed E-state index contributed by atoms with van der Waals surface area (Å²) in [6.07, 6.45) is 0.763. The Bertz CT molecular complexity index is 424. The van der Waals surface area contributed by atoms with E-state index in [-0.39, 0.29) is 18.4 Å². The topological polar surface area (TPSA) is 76.1 Å². The standard InChI is InChI=1S/C13H16N2O2/c1-2-17-13(16)8-12(15)7-10-4-3-5-11(6-10)9-14/h3-6,12H,2,7-8,15H2,1H3/t12-/m0/s1. The fraction of sp³-hybridized carbons (Fsp3) is 0.385. The van der Waals surface area contributed by atoms with Crippen molar-refractivity contribution in [3.63, 3.8) is 0 Å². The molecule has 90 valence electrons. The van der Waals surface area contributed by atoms with Gasteiger partial charge < -0.3 is 10.5 Å². The Labute approximate surface area is 101 Å². The van der Waals surface area contributed by atoms with Crippen LogP contribution < -0.4 is 5.73 Å². The predicted octanol–water partition coefficient (Wildman–Crippen LogP) is 1.38. The van der Waals surface area contributed by atoms with Crippen molar-refractivity contribution < 1.29 is 9.53 Å². The minimum absolute atomic E-state index is 0.199. The van der Waals surface area contributed by atoms with Crippen LogP contribution in [0.2, 0.25) is 0 Å². The first-order valence-corrected chi connectivity index (χ1v) is 5.56. The highest BCUT2D eigenvalue weighted by molar-refractivity contribution is 5.70. The van der Waals surface area contributed by atoms with Crippen molar-refractivity contribution in [2.75, 3.05) is 6.61 Å². The van der Waals surface area contributed by atoms with E-state index in [9.17, 15) is 4.79 Å². The summed E-state index contributed by atoms with van der Waals surface area (Å²) in [5, 5.41) is 8.76. The molecule has 0 heterocycles. The molecule has 1 aromatic rings. The summed E-state index contributed by atoms with van der Waals surface area (Å²) < 4.78 is 4.82. The molecule has 1 aromatic carbocycles. The van der Waals surface area contributed by atoms with Gasteiger partial charge in [0.2, 0.25) is 0 Å². The smallest absolute Gasteiger partial charge is 0.307 e. The molecule has 0 spiro atoms. The molecule has 0 bridgehead atoms. The maximum Gasteiger partial charge on any atom is 0.307 e. The van der Waals surface area contributed by atoms with Crippen LogP contribution in [0.1, 0.15) is 24.5 Å². The molecule has 0 saturated heterocycles. The molecule has 17 heavy (non-hydrogen) atoms. The second kappa shape index (κ2) is 6.66. The number of carbonyl (C=O) groups is 1. The van der Waals surface area contributed by atoms with E-state index in [1.807, 2.05) is 12.1 Å². The summed E-state index contributed by atoms with van der Waals surface area (Å²) in [6, 6.07) is 9.02. The molecule has 0 aliphatic heterocycles. The maximum atomic E-state index is 11.2. The lowest BCUT2D eigenvalue weighted by molar-refractivity contribution is -0.143. The van der Waals surface area contributed by atoms with E-state index in [4.69, 9.17) is 15.7 Å². The molecule has 1 atom stereocenters. The van der Waals surface area contributed by atoms with Gasteiger partial charge in [-0.15, -0.1) is 0 Å². The van der Waals surface area contributed by atoms with Gasteiger partial charge in [-0.1, -0.05) is 12.1 Å². The lowest BCUT2D eigenvalue weighted by atomic mass is 10.0. The van der Waals surface area contributed by atoms with Gasteiger partial charge in [-0.2, -0.15) is 5.26 Å². The van der Waals surface area contributed by atoms with Crippen LogP contribution >= 0.6 is 0 Å². The van der Waals surface area contributed by atoms with Gasteiger partial charge >= 0.3 is 5.97 Å². The number of nitriles is 1. The van der Waals surface area contributed by atoms with Crippen molar-refractivity contribution in [3.8, 4) is 6.07 Å². The Morgan fingerprint density at radius 2 is 2.35 bits per heavy atom. The first-order valence-electron chi connectivity index (χ1n) is 5.56. The van der Waals surface area contributed by atoms with Crippen molar-refractivity contribution in [1.82, 2.24) is 0 Å². The predicted molar refractivity (Wildman–Crippen MR) is 64.1 cm³/mol. The van der Waals surface area contributed by atoms with Crippen molar-refractivity contribution in [2.45, 2.75) is 25.8 Å². The Hall–Kier alpha value is -1.86. The zero-order valence-electron chi connectivity index (χ0n) is 9.85. The van der Waals surface area contributed by atoms with Gasteiger partial charge in [-0.25, -0.2) is 0 Å². The van der Waals surface area contributed by atoms with E-state index in [0.717, 1.165) is 5.56 Å². The van der Waals surface area contributed by atoms with E-state index < -0.39 is 0 Å². The van der Waals surface area contributed by atoms with Crippen LogP contribution in [0.25, 0.3) is 0 Å². The van der Waals surface area contributed by atoms with Crippen LogP contribution in [-0.2, 0) is 16.0 Å². The fourth-order valence-electron chi connectivity index (χ4n) is 1.58. The molecular formula is C13H16N2O2. The molecule has 0 aliphatic carbocycles. The second-order valence-corrected chi connectivity index (χ2v) is 3.79. The second-order valence-electron chi connectivity index (χ2n) is 3.79. The summed E-state index contributed by atoms with van der Waals surface area (Å²) in [5.41, 5.74) is 7.41. The van der Waals surface area contributed by atoms with E-state index >= 15 is 0 Å². The molecule has 2 N–H and O–H groups in total. The van der Waals surface area contributed by atoms with Gasteiger partial charge in [-0.05, 0) is 31.0 Å². The quantitative estimate of drug-likeness (QED) is 0.778. The first kappa shape index (κ1) is 13.2. The van der Waals surface area contributed by atoms with Crippen LogP contribution in [0.15, 0.2) is 24.3 Å². The number of hydrogen-bond donors (Lipinski definition) is 1. The van der Waals surface area contributed by atoms with E-state index in [1.165, 1.54) is 0 Å². The largest absolute Gasteiger partial charge is 0.466 e. The number of esters is 1. The number of benzene rings is 1. The molecule has 0 aromatic heterocycles. The summed E-state index contributed by atoms with van der Waals surface area (Å²) in [6.45, 7) is 2.13. The third-order valence-electron chi connectivity index (χ3n) is 2.29. The SMILES string of the molecule is CCOC(=O)C[C@@H](N)Cc1cccc(C#N)c1. The van der Waals surface area contributed by atoms with Gasteiger partial charge in [0, 0.05) is 6.04 Å². The van der Waals surface area contributed by atoms with Gasteiger partial charge in [0.15, 0.2) is 0 Å². The summed E-state index contributed by atoms with van der Waals surface area (Å²) >= 11 is 0. The Morgan fingerprint density at radius 3 is 3.00 bits per heavy atom. The van der Waals surface area contributed by atoms with Gasteiger partial charge in [0.05, 0.1) is 24.7 Å². The Balaban J connectivity index is 2.53. The lowest BCUT2D eigenvalue weighted by Gasteiger charge is -2.10. The minimum atomic E-state index is -0.281. The highest BCUT2D eigenvalue weighted by Gasteiger charge is 2.11. The van der Waals surface area contributed by atoms with E-state index in [0.29, 0.717) is 18.6 Å². The van der Waals surface area contributed by atoms with E-state index in [1.54, 1.807) is 19.1 Å². The van der Waals surface area contributed by atoms with Crippen molar-refractivity contribution >= 4 is 5.97 Å². The zero-order valence-corrected chi connectivity index (χ0v) is 9.85. The zero-order chi connectivity index (χ0) is 12.7. The van der Waals surface area contributed by atoms with Crippen LogP contribution in [0, 0.1) is 11.3 Å². The average Bonchev–Trinajstić information content (AvgIpc) is 2.29. The minimum Gasteiger partial charge on any atom is -0.466 e. The average molecular weight is 232 g/mol. The highest BCUT2D eigenvalue weighted by Crippen LogP contribution is 2.08. The van der Waals surface area contributed by atoms with Crippen LogP contribution in [0.3, 0.4) is 0 Å². The molecule has 0 saturated carbocycles. The van der Waals surface area contributed by atoms with E-state index in [2.05, 4.69) is 6.07 Å². The Morgan fingerprint density at radius 1 is 1.59 bits per heavy atom. The number of hydrogen-bond acceptors (Lipinski definition) is 4. The molecule has 0 unspecified atom stereocenters. The lowest BCUT2D eigenvalue weighted by Crippen LogP contribution is -2.27. The van der Waals surface area contributed by atoms with Gasteiger partial charge in [-0.3, -0.25) is 4.79 Å². The fourth-order valence-corrected chi connectivity index (χ4v) is 1.58. The monoisotopic (exact) mass is 232 g/mol. The Kier molecular flexibility index (Phi) is 5.18. The number of nitrogens with zero attached hydrogens (tertiary/aromatic N) is 1. The molecule has 1 rings (SSSR count). The summed E-state index contributed by atoms with van der Waals surface area (Å²) in [7, 11) is 0. The highest BCUT2D eigenvalue weighted by atomic mass is 16.5. The number of carbonyl (C=O) groups excluding carboxylic acids is 1. The third-order valence-corrected chi connectivity index (χ3v) is 2.29. The van der Waals surface area contributed by atoms with Crippen molar-refractivity contribution in [3.05, 3.63) is 35.4 Å². The maximum absolute atomic E-state index is 11.2. The molecule has 4 heteroatoms. The summed E-state index contributed by atoms with van der Waals surface area (Å²) in [5.74, 6) is -0.281.